The maximum absolute atomic E-state index is 14.5. The molecule has 0 N–H and O–H groups in total. The summed E-state index contributed by atoms with van der Waals surface area (Å²) in [6, 6.07) is 8.08. The zero-order valence-corrected chi connectivity index (χ0v) is 25.7. The lowest BCUT2D eigenvalue weighted by Gasteiger charge is -2.24. The van der Waals surface area contributed by atoms with Gasteiger partial charge in [0.25, 0.3) is 0 Å². The summed E-state index contributed by atoms with van der Waals surface area (Å²) in [5.41, 5.74) is 2.66. The second-order valence-corrected chi connectivity index (χ2v) is 12.0. The fourth-order valence-electron chi connectivity index (χ4n) is 5.52. The number of hydrogen-bond acceptors (Lipinski definition) is 4. The number of aliphatic imine (C=N–C) groups is 2. The molecule has 0 bridgehead atoms. The van der Waals surface area contributed by atoms with Crippen molar-refractivity contribution in [2.24, 2.45) is 15.9 Å². The van der Waals surface area contributed by atoms with Crippen LogP contribution in [0.2, 0.25) is 0 Å². The summed E-state index contributed by atoms with van der Waals surface area (Å²) in [5.74, 6) is -0.660. The molecule has 0 aromatic heterocycles. The van der Waals surface area contributed by atoms with Gasteiger partial charge in [-0.05, 0) is 92.0 Å². The summed E-state index contributed by atoms with van der Waals surface area (Å²) in [7, 11) is 0. The van der Waals surface area contributed by atoms with Crippen LogP contribution >= 0.6 is 0 Å². The van der Waals surface area contributed by atoms with E-state index in [0.717, 1.165) is 24.1 Å². The van der Waals surface area contributed by atoms with E-state index >= 15 is 0 Å². The average Bonchev–Trinajstić information content (AvgIpc) is 3.18. The highest BCUT2D eigenvalue weighted by molar-refractivity contribution is 6.03. The van der Waals surface area contributed by atoms with Gasteiger partial charge >= 0.3 is 6.18 Å². The molecule has 0 radical (unpaired) electrons. The predicted molar refractivity (Wildman–Crippen MR) is 167 cm³/mol. The Kier molecular flexibility index (Phi) is 10.0. The van der Waals surface area contributed by atoms with Crippen LogP contribution in [0.15, 0.2) is 87.2 Å². The van der Waals surface area contributed by atoms with Gasteiger partial charge in [0.15, 0.2) is 11.6 Å². The van der Waals surface area contributed by atoms with E-state index < -0.39 is 23.4 Å². The Hall–Kier alpha value is -4.01. The Morgan fingerprint density at radius 1 is 1.04 bits per heavy atom. The van der Waals surface area contributed by atoms with Gasteiger partial charge in [0.2, 0.25) is 0 Å². The van der Waals surface area contributed by atoms with E-state index in [1.54, 1.807) is 25.3 Å². The summed E-state index contributed by atoms with van der Waals surface area (Å²) in [6.45, 7) is 6.38. The highest BCUT2D eigenvalue weighted by atomic mass is 19.4. The van der Waals surface area contributed by atoms with Gasteiger partial charge in [-0.15, -0.1) is 0 Å². The number of benzene rings is 2. The highest BCUT2D eigenvalue weighted by Crippen LogP contribution is 2.40. The van der Waals surface area contributed by atoms with Crippen LogP contribution < -0.4 is 4.74 Å². The van der Waals surface area contributed by atoms with Crippen molar-refractivity contribution < 1.29 is 31.4 Å². The van der Waals surface area contributed by atoms with E-state index in [2.05, 4.69) is 0 Å². The Bertz CT molecular complexity index is 1610. The third kappa shape index (κ3) is 7.99. The highest BCUT2D eigenvalue weighted by Gasteiger charge is 2.35. The van der Waals surface area contributed by atoms with Crippen molar-refractivity contribution in [3.63, 3.8) is 0 Å². The molecule has 0 spiro atoms. The first-order valence-electron chi connectivity index (χ1n) is 15.3. The number of allylic oxidation sites excluding steroid dienone is 5. The van der Waals surface area contributed by atoms with Crippen molar-refractivity contribution in [3.05, 3.63) is 106 Å². The van der Waals surface area contributed by atoms with Crippen molar-refractivity contribution in [2.45, 2.75) is 71.5 Å². The summed E-state index contributed by atoms with van der Waals surface area (Å²) < 4.78 is 82.6. The standard InChI is InChI=1S/C36H37F5N2O2/c1-22(2)15-16-44-26-13-14-28(31(19-26)36(39,40)41)30-18-27(45-21-23(30)3)17-25-8-5-11-33-24(20-42-25)7-4-12-34(43-33)29-9-6-10-32(37)35(29)38/h6-7,9-11,13-14,18-20,22,25H,4-5,8,12,15-17,21H2,1-3H3. The lowest BCUT2D eigenvalue weighted by atomic mass is 9.92. The number of halogens is 5. The van der Waals surface area contributed by atoms with Crippen LogP contribution in [0.25, 0.3) is 5.57 Å². The normalized spacial score (nSPS) is 19.0. The molecule has 9 heteroatoms. The van der Waals surface area contributed by atoms with Gasteiger partial charge in [0.05, 0.1) is 35.4 Å². The molecule has 2 aromatic rings. The van der Waals surface area contributed by atoms with Crippen LogP contribution in [0, 0.1) is 17.6 Å². The molecular formula is C36H37F5N2O2. The molecule has 3 aliphatic rings. The van der Waals surface area contributed by atoms with Gasteiger partial charge in [0, 0.05) is 23.8 Å². The lowest BCUT2D eigenvalue weighted by Crippen LogP contribution is -2.15. The minimum atomic E-state index is -4.56. The molecule has 3 aliphatic heterocycles. The van der Waals surface area contributed by atoms with Gasteiger partial charge in [-0.25, -0.2) is 8.78 Å². The second kappa shape index (κ2) is 14.0. The zero-order valence-electron chi connectivity index (χ0n) is 25.7. The number of hydrogen-bond donors (Lipinski definition) is 0. The monoisotopic (exact) mass is 624 g/mol. The van der Waals surface area contributed by atoms with E-state index in [-0.39, 0.29) is 29.5 Å². The first kappa shape index (κ1) is 32.4. The summed E-state index contributed by atoms with van der Waals surface area (Å²) >= 11 is 0. The van der Waals surface area contributed by atoms with Gasteiger partial charge in [-0.1, -0.05) is 38.1 Å². The van der Waals surface area contributed by atoms with Crippen LogP contribution in [-0.4, -0.2) is 31.2 Å². The molecule has 2 aromatic carbocycles. The van der Waals surface area contributed by atoms with Gasteiger partial charge < -0.3 is 9.47 Å². The number of nitrogens with zero attached hydrogens (tertiary/aromatic N) is 2. The number of rotatable bonds is 8. The molecule has 0 fully saturated rings. The van der Waals surface area contributed by atoms with Crippen LogP contribution in [0.4, 0.5) is 22.0 Å². The number of fused-ring (bicyclic) bond motifs is 1. The molecular weight excluding hydrogens is 587 g/mol. The fourth-order valence-corrected chi connectivity index (χ4v) is 5.52. The lowest BCUT2D eigenvalue weighted by molar-refractivity contribution is -0.137. The summed E-state index contributed by atoms with van der Waals surface area (Å²) in [6.07, 6.45) is 6.34. The van der Waals surface area contributed by atoms with Crippen molar-refractivity contribution in [1.82, 2.24) is 0 Å². The smallest absolute Gasteiger partial charge is 0.417 e. The molecule has 1 atom stereocenters. The summed E-state index contributed by atoms with van der Waals surface area (Å²) in [5, 5.41) is 0. The molecule has 5 rings (SSSR count). The van der Waals surface area contributed by atoms with Crippen LogP contribution in [-0.2, 0) is 10.9 Å². The summed E-state index contributed by atoms with van der Waals surface area (Å²) in [4.78, 5) is 9.48. The van der Waals surface area contributed by atoms with E-state index in [0.29, 0.717) is 72.9 Å². The van der Waals surface area contributed by atoms with E-state index in [4.69, 9.17) is 19.5 Å². The Balaban J connectivity index is 1.34. The molecule has 0 saturated heterocycles. The minimum absolute atomic E-state index is 0.0952. The predicted octanol–water partition coefficient (Wildman–Crippen LogP) is 9.81. The SMILES string of the molecule is CC1=C(c2ccc(OCCC(C)C)cc2C(F)(F)F)C=C(CC2CCC=C3N=C(c4cccc(F)c4F)CCC=C3C=N2)OC1. The van der Waals surface area contributed by atoms with Gasteiger partial charge in [0.1, 0.15) is 12.4 Å². The molecule has 0 aliphatic carbocycles. The van der Waals surface area contributed by atoms with E-state index in [1.807, 2.05) is 26.0 Å². The first-order chi connectivity index (χ1) is 21.5. The quantitative estimate of drug-likeness (QED) is 0.275. The Morgan fingerprint density at radius 3 is 2.64 bits per heavy atom. The third-order valence-electron chi connectivity index (χ3n) is 8.05. The molecule has 1 unspecified atom stereocenters. The van der Waals surface area contributed by atoms with Gasteiger partial charge in [-0.3, -0.25) is 9.98 Å². The minimum Gasteiger partial charge on any atom is -0.494 e. The molecule has 45 heavy (non-hydrogen) atoms. The third-order valence-corrected chi connectivity index (χ3v) is 8.05. The van der Waals surface area contributed by atoms with Crippen molar-refractivity contribution >= 4 is 17.5 Å². The Morgan fingerprint density at radius 2 is 1.87 bits per heavy atom. The van der Waals surface area contributed by atoms with Crippen LogP contribution in [0.3, 0.4) is 0 Å². The number of ether oxygens (including phenoxy) is 2. The topological polar surface area (TPSA) is 43.2 Å². The second-order valence-electron chi connectivity index (χ2n) is 12.0. The van der Waals surface area contributed by atoms with Crippen molar-refractivity contribution in [1.29, 1.82) is 0 Å². The van der Waals surface area contributed by atoms with Crippen LogP contribution in [0.5, 0.6) is 5.75 Å². The molecule has 238 valence electrons. The zero-order chi connectivity index (χ0) is 32.1. The van der Waals surface area contributed by atoms with E-state index in [1.165, 1.54) is 18.2 Å². The largest absolute Gasteiger partial charge is 0.494 e. The van der Waals surface area contributed by atoms with Crippen molar-refractivity contribution in [2.75, 3.05) is 13.2 Å². The first-order valence-corrected chi connectivity index (χ1v) is 15.3. The average molecular weight is 625 g/mol. The molecule has 3 heterocycles. The fraction of sp³-hybridized carbons (Fsp3) is 0.389. The molecule has 0 saturated carbocycles. The maximum atomic E-state index is 14.5. The van der Waals surface area contributed by atoms with Gasteiger partial charge in [-0.2, -0.15) is 13.2 Å². The number of alkyl halides is 3. The molecule has 0 amide bonds. The molecule has 4 nitrogen and oxygen atoms in total. The van der Waals surface area contributed by atoms with Crippen LogP contribution in [0.1, 0.15) is 76.0 Å². The van der Waals surface area contributed by atoms with Crippen molar-refractivity contribution in [3.8, 4) is 5.75 Å². The maximum Gasteiger partial charge on any atom is 0.417 e. The van der Waals surface area contributed by atoms with E-state index in [9.17, 15) is 22.0 Å². The Labute approximate surface area is 260 Å².